The van der Waals surface area contributed by atoms with E-state index in [0.29, 0.717) is 38.2 Å². The average Bonchev–Trinajstić information content (AvgIpc) is 3.06. The van der Waals surface area contributed by atoms with Crippen LogP contribution >= 0.6 is 22.9 Å². The van der Waals surface area contributed by atoms with E-state index < -0.39 is 0 Å². The zero-order valence-electron chi connectivity index (χ0n) is 15.4. The summed E-state index contributed by atoms with van der Waals surface area (Å²) in [5, 5.41) is 9.86. The number of thiazole rings is 1. The molecule has 0 radical (unpaired) electrons. The third kappa shape index (κ3) is 5.03. The Morgan fingerprint density at radius 2 is 2.00 bits per heavy atom. The number of nitrogens with one attached hydrogen (secondary N) is 3. The summed E-state index contributed by atoms with van der Waals surface area (Å²) < 4.78 is 0. The fraction of sp³-hybridized carbons (Fsp3) is 0.111. The highest BCUT2D eigenvalue weighted by molar-refractivity contribution is 7.17. The molecule has 2 aromatic heterocycles. The van der Waals surface area contributed by atoms with E-state index in [4.69, 9.17) is 11.6 Å². The number of carbonyl (C=O) groups excluding carboxylic acids is 1. The van der Waals surface area contributed by atoms with Crippen molar-refractivity contribution in [2.24, 2.45) is 0 Å². The van der Waals surface area contributed by atoms with Gasteiger partial charge < -0.3 is 22.1 Å². The second-order valence-electron chi connectivity index (χ2n) is 5.57. The van der Waals surface area contributed by atoms with Gasteiger partial charge in [-0.3, -0.25) is 4.79 Å². The van der Waals surface area contributed by atoms with Crippen LogP contribution in [0.5, 0.6) is 0 Å². The van der Waals surface area contributed by atoms with Crippen molar-refractivity contribution < 1.29 is 4.79 Å². The van der Waals surface area contributed by atoms with Crippen molar-refractivity contribution in [3.63, 3.8) is 0 Å². The molecule has 3 aromatic rings. The van der Waals surface area contributed by atoms with Crippen LogP contribution < -0.4 is 22.1 Å². The molecule has 28 heavy (non-hydrogen) atoms. The van der Waals surface area contributed by atoms with E-state index in [1.807, 2.05) is 19.1 Å². The smallest absolute Gasteiger partial charge is 0.267 e. The highest BCUT2D eigenvalue weighted by atomic mass is 35.5. The van der Waals surface area contributed by atoms with Crippen LogP contribution in [0.15, 0.2) is 43.2 Å². The molecule has 2 heterocycles. The van der Waals surface area contributed by atoms with E-state index in [1.165, 1.54) is 23.7 Å². The molecule has 0 fully saturated rings. The lowest BCUT2D eigenvalue weighted by Gasteiger charge is -2.08. The van der Waals surface area contributed by atoms with E-state index in [2.05, 4.69) is 37.5 Å². The number of carbonyl (C=O) groups is 1. The Morgan fingerprint density at radius 3 is 2.71 bits per heavy atom. The molecule has 0 saturated heterocycles. The quantitative estimate of drug-likeness (QED) is 0.448. The number of amides is 1. The third-order valence-electron chi connectivity index (χ3n) is 3.51. The first-order valence-electron chi connectivity index (χ1n) is 7.98. The maximum absolute atomic E-state index is 12.5. The second-order valence-corrected chi connectivity index (χ2v) is 7.01. The van der Waals surface area contributed by atoms with Gasteiger partial charge in [-0.25, -0.2) is 15.0 Å². The van der Waals surface area contributed by atoms with Crippen molar-refractivity contribution in [3.8, 4) is 0 Å². The van der Waals surface area contributed by atoms with Crippen molar-refractivity contribution in [2.75, 3.05) is 16.0 Å². The second kappa shape index (κ2) is 9.27. The van der Waals surface area contributed by atoms with Crippen LogP contribution in [0.3, 0.4) is 0 Å². The molecule has 0 aliphatic rings. The number of nitrogens with zero attached hydrogens (tertiary/aromatic N) is 3. The fourth-order valence-corrected chi connectivity index (χ4v) is 3.31. The SMILES string of the molecule is C=CNc1cc(Nc2ncc(C(=O)Nc3c(C)cccc3Cl)s2)nc(C)n1.N. The van der Waals surface area contributed by atoms with Gasteiger partial charge in [0.2, 0.25) is 0 Å². The first kappa shape index (κ1) is 21.3. The lowest BCUT2D eigenvalue weighted by molar-refractivity contribution is 0.103. The van der Waals surface area contributed by atoms with Gasteiger partial charge >= 0.3 is 0 Å². The summed E-state index contributed by atoms with van der Waals surface area (Å²) in [6.45, 7) is 7.28. The van der Waals surface area contributed by atoms with Crippen LogP contribution in [0.25, 0.3) is 0 Å². The van der Waals surface area contributed by atoms with Crippen LogP contribution in [0.2, 0.25) is 5.02 Å². The average molecular weight is 418 g/mol. The van der Waals surface area contributed by atoms with Crippen LogP contribution in [0, 0.1) is 13.8 Å². The summed E-state index contributed by atoms with van der Waals surface area (Å²) in [7, 11) is 0. The Balaban J connectivity index is 0.00000280. The van der Waals surface area contributed by atoms with E-state index >= 15 is 0 Å². The van der Waals surface area contributed by atoms with E-state index in [1.54, 1.807) is 19.1 Å². The van der Waals surface area contributed by atoms with Crippen LogP contribution in [-0.4, -0.2) is 20.9 Å². The molecule has 146 valence electrons. The lowest BCUT2D eigenvalue weighted by atomic mass is 10.2. The largest absolute Gasteiger partial charge is 0.347 e. The van der Waals surface area contributed by atoms with Crippen molar-refractivity contribution in [1.82, 2.24) is 21.1 Å². The summed E-state index contributed by atoms with van der Waals surface area (Å²) in [5.41, 5.74) is 1.48. The molecule has 3 rings (SSSR count). The molecular weight excluding hydrogens is 398 g/mol. The molecule has 0 atom stereocenters. The molecular formula is C18H20ClN7OS. The number of hydrogen-bond acceptors (Lipinski definition) is 8. The Morgan fingerprint density at radius 1 is 1.25 bits per heavy atom. The molecule has 8 nitrogen and oxygen atoms in total. The zero-order valence-corrected chi connectivity index (χ0v) is 17.0. The van der Waals surface area contributed by atoms with Crippen molar-refractivity contribution in [1.29, 1.82) is 0 Å². The Kier molecular flexibility index (Phi) is 7.05. The highest BCUT2D eigenvalue weighted by Crippen LogP contribution is 2.28. The minimum absolute atomic E-state index is 0. The van der Waals surface area contributed by atoms with Gasteiger partial charge in [0.15, 0.2) is 5.13 Å². The van der Waals surface area contributed by atoms with E-state index in [-0.39, 0.29) is 12.1 Å². The van der Waals surface area contributed by atoms with Gasteiger partial charge in [0.1, 0.15) is 22.3 Å². The van der Waals surface area contributed by atoms with Gasteiger partial charge in [-0.1, -0.05) is 41.6 Å². The fourth-order valence-electron chi connectivity index (χ4n) is 2.32. The molecule has 0 spiro atoms. The molecule has 0 aliphatic heterocycles. The van der Waals surface area contributed by atoms with E-state index in [0.717, 1.165) is 5.56 Å². The maximum Gasteiger partial charge on any atom is 0.267 e. The van der Waals surface area contributed by atoms with Crippen LogP contribution in [0.4, 0.5) is 22.5 Å². The zero-order chi connectivity index (χ0) is 19.4. The first-order valence-corrected chi connectivity index (χ1v) is 9.18. The number of aryl methyl sites for hydroxylation is 2. The first-order chi connectivity index (χ1) is 13.0. The van der Waals surface area contributed by atoms with Gasteiger partial charge in [0.05, 0.1) is 16.9 Å². The number of rotatable bonds is 6. The minimum atomic E-state index is -0.273. The van der Waals surface area contributed by atoms with Crippen molar-refractivity contribution in [2.45, 2.75) is 13.8 Å². The summed E-state index contributed by atoms with van der Waals surface area (Å²) >= 11 is 7.38. The minimum Gasteiger partial charge on any atom is -0.347 e. The standard InChI is InChI=1S/C18H17ClN6OS.H3N/c1-4-20-14-8-15(23-11(3)22-14)24-18-21-9-13(27-18)17(26)25-16-10(2)6-5-7-12(16)19;/h4-9H,1H2,2-3H3,(H,25,26)(H2,20,21,22,23,24);1H3. The molecule has 0 saturated carbocycles. The van der Waals surface area contributed by atoms with Gasteiger partial charge in [-0.05, 0) is 31.7 Å². The van der Waals surface area contributed by atoms with Crippen LogP contribution in [0.1, 0.15) is 21.1 Å². The molecule has 0 aliphatic carbocycles. The van der Waals surface area contributed by atoms with Gasteiger partial charge in [0, 0.05) is 6.07 Å². The van der Waals surface area contributed by atoms with Crippen molar-refractivity contribution >= 4 is 51.3 Å². The van der Waals surface area contributed by atoms with Gasteiger partial charge in [0.25, 0.3) is 5.91 Å². The number of benzene rings is 1. The molecule has 1 amide bonds. The monoisotopic (exact) mass is 417 g/mol. The number of aromatic nitrogens is 3. The third-order valence-corrected chi connectivity index (χ3v) is 4.74. The number of para-hydroxylation sites is 1. The maximum atomic E-state index is 12.5. The topological polar surface area (TPSA) is 127 Å². The van der Waals surface area contributed by atoms with Gasteiger partial charge in [-0.2, -0.15) is 0 Å². The molecule has 6 N–H and O–H groups in total. The van der Waals surface area contributed by atoms with Crippen molar-refractivity contribution in [3.05, 3.63) is 64.5 Å². The van der Waals surface area contributed by atoms with Crippen LogP contribution in [-0.2, 0) is 0 Å². The Labute approximate surface area is 171 Å². The highest BCUT2D eigenvalue weighted by Gasteiger charge is 2.14. The lowest BCUT2D eigenvalue weighted by Crippen LogP contribution is -2.11. The molecule has 1 aromatic carbocycles. The number of hydrogen-bond donors (Lipinski definition) is 4. The summed E-state index contributed by atoms with van der Waals surface area (Å²) in [6.07, 6.45) is 3.04. The molecule has 0 bridgehead atoms. The molecule has 0 unspecified atom stereocenters. The number of anilines is 4. The summed E-state index contributed by atoms with van der Waals surface area (Å²) in [5.74, 6) is 1.50. The Hall–Kier alpha value is -3.01. The number of halogens is 1. The predicted molar refractivity (Wildman–Crippen MR) is 115 cm³/mol. The normalized spacial score (nSPS) is 9.96. The predicted octanol–water partition coefficient (Wildman–Crippen LogP) is 4.92. The summed E-state index contributed by atoms with van der Waals surface area (Å²) in [4.78, 5) is 25.7. The van der Waals surface area contributed by atoms with Gasteiger partial charge in [-0.15, -0.1) is 0 Å². The molecule has 10 heteroatoms. The Bertz CT molecular complexity index is 985. The summed E-state index contributed by atoms with van der Waals surface area (Å²) in [6, 6.07) is 7.17. The van der Waals surface area contributed by atoms with E-state index in [9.17, 15) is 4.79 Å².